The molecule has 64 heavy (non-hydrogen) atoms. The molecule has 0 saturated carbocycles. The zero-order valence-corrected chi connectivity index (χ0v) is 37.1. The minimum absolute atomic E-state index is 0.0449. The molecule has 0 aliphatic rings. The van der Waals surface area contributed by atoms with Crippen LogP contribution >= 0.6 is 0 Å². The molecule has 0 saturated heterocycles. The van der Waals surface area contributed by atoms with Gasteiger partial charge in [-0.05, 0) is 87.2 Å². The summed E-state index contributed by atoms with van der Waals surface area (Å²) in [6.07, 6.45) is 0. The second kappa shape index (κ2) is 15.1. The van der Waals surface area contributed by atoms with Crippen LogP contribution in [0.2, 0.25) is 0 Å². The van der Waals surface area contributed by atoms with E-state index in [1.807, 2.05) is 36.4 Å². The molecular formula is C60H49N3O. The summed E-state index contributed by atoms with van der Waals surface area (Å²) >= 11 is 0. The highest BCUT2D eigenvalue weighted by Crippen LogP contribution is 2.48. The van der Waals surface area contributed by atoms with E-state index in [9.17, 15) is 0 Å². The summed E-state index contributed by atoms with van der Waals surface area (Å²) in [5.74, 6) is 0.653. The Morgan fingerprint density at radius 2 is 0.938 bits per heavy atom. The lowest BCUT2D eigenvalue weighted by atomic mass is 9.83. The third-order valence-corrected chi connectivity index (χ3v) is 12.7. The highest BCUT2D eigenvalue weighted by molar-refractivity contribution is 6.16. The van der Waals surface area contributed by atoms with Crippen LogP contribution in [0.25, 0.3) is 106 Å². The Morgan fingerprint density at radius 1 is 0.422 bits per heavy atom. The molecule has 0 aliphatic heterocycles. The summed E-state index contributed by atoms with van der Waals surface area (Å²) in [5.41, 5.74) is 17.5. The van der Waals surface area contributed by atoms with Gasteiger partial charge in [-0.15, -0.1) is 0 Å². The summed E-state index contributed by atoms with van der Waals surface area (Å²) in [6, 6.07) is 67.6. The first kappa shape index (κ1) is 39.3. The van der Waals surface area contributed by atoms with Gasteiger partial charge in [0.2, 0.25) is 0 Å². The second-order valence-electron chi connectivity index (χ2n) is 19.0. The quantitative estimate of drug-likeness (QED) is 0.168. The summed E-state index contributed by atoms with van der Waals surface area (Å²) < 4.78 is 9.31. The average molecular weight is 828 g/mol. The van der Waals surface area contributed by atoms with Crippen molar-refractivity contribution in [2.75, 3.05) is 0 Å². The van der Waals surface area contributed by atoms with Gasteiger partial charge in [-0.2, -0.15) is 0 Å². The van der Waals surface area contributed by atoms with Gasteiger partial charge in [0.25, 0.3) is 0 Å². The van der Waals surface area contributed by atoms with Crippen molar-refractivity contribution in [1.82, 2.24) is 14.5 Å². The van der Waals surface area contributed by atoms with Gasteiger partial charge in [0.05, 0.1) is 16.7 Å². The number of furan rings is 1. The van der Waals surface area contributed by atoms with Gasteiger partial charge in [-0.3, -0.25) is 0 Å². The molecule has 3 aromatic heterocycles. The largest absolute Gasteiger partial charge is 0.452 e. The van der Waals surface area contributed by atoms with Crippen LogP contribution < -0.4 is 0 Å². The molecule has 4 heteroatoms. The topological polar surface area (TPSA) is 43.9 Å². The maximum absolute atomic E-state index is 6.75. The standard InChI is InChI=1S/C60H49N3O/c1-59(2,3)43-31-32-51-49(35-43)50-37-44(60(4,5)6)36-48(40-25-15-9-16-26-40)56(50)63(51)55-46(38-21-11-7-12-22-38)33-42(34-47(55)39-23-13-8-14-24-39)53-57-54(45-29-19-20-30-52(45)64-57)62-58(61-53)41-27-17-10-18-28-41/h7-37H,1-6H3. The van der Waals surface area contributed by atoms with Gasteiger partial charge in [0.1, 0.15) is 16.8 Å². The molecule has 0 N–H and O–H groups in total. The van der Waals surface area contributed by atoms with Crippen LogP contribution in [0.3, 0.4) is 0 Å². The molecule has 0 atom stereocenters. The van der Waals surface area contributed by atoms with Crippen LogP contribution in [0.15, 0.2) is 192 Å². The molecule has 11 aromatic rings. The SMILES string of the molecule is CC(C)(C)c1ccc2c(c1)c1cc(C(C)(C)C)cc(-c3ccccc3)c1n2-c1c(-c2ccccc2)cc(-c2nc(-c3ccccc3)nc3c2oc2ccccc23)cc1-c1ccccc1. The number of hydrogen-bond acceptors (Lipinski definition) is 3. The lowest BCUT2D eigenvalue weighted by Crippen LogP contribution is -2.11. The summed E-state index contributed by atoms with van der Waals surface area (Å²) in [7, 11) is 0. The van der Waals surface area contributed by atoms with Crippen molar-refractivity contribution in [1.29, 1.82) is 0 Å². The monoisotopic (exact) mass is 827 g/mol. The van der Waals surface area contributed by atoms with E-state index in [4.69, 9.17) is 14.4 Å². The molecule has 310 valence electrons. The fourth-order valence-electron chi connectivity index (χ4n) is 9.31. The number of aromatic nitrogens is 3. The highest BCUT2D eigenvalue weighted by Gasteiger charge is 2.28. The first-order chi connectivity index (χ1) is 31.0. The fourth-order valence-corrected chi connectivity index (χ4v) is 9.31. The van der Waals surface area contributed by atoms with Gasteiger partial charge in [-0.1, -0.05) is 181 Å². The van der Waals surface area contributed by atoms with Crippen LogP contribution in [0.4, 0.5) is 0 Å². The molecule has 0 aliphatic carbocycles. The number of hydrogen-bond donors (Lipinski definition) is 0. The van der Waals surface area contributed by atoms with Gasteiger partial charge in [0, 0.05) is 44.0 Å². The predicted octanol–water partition coefficient (Wildman–Crippen LogP) is 16.4. The number of nitrogens with zero attached hydrogens (tertiary/aromatic N) is 3. The zero-order chi connectivity index (χ0) is 43.7. The van der Waals surface area contributed by atoms with Crippen molar-refractivity contribution in [3.63, 3.8) is 0 Å². The average Bonchev–Trinajstić information content (AvgIpc) is 3.86. The van der Waals surface area contributed by atoms with Gasteiger partial charge >= 0.3 is 0 Å². The Morgan fingerprint density at radius 3 is 1.52 bits per heavy atom. The third-order valence-electron chi connectivity index (χ3n) is 12.7. The minimum Gasteiger partial charge on any atom is -0.452 e. The molecule has 0 fully saturated rings. The smallest absolute Gasteiger partial charge is 0.180 e. The zero-order valence-electron chi connectivity index (χ0n) is 37.1. The first-order valence-corrected chi connectivity index (χ1v) is 22.2. The number of benzene rings is 8. The van der Waals surface area contributed by atoms with E-state index in [0.717, 1.165) is 66.8 Å². The maximum atomic E-state index is 6.75. The Kier molecular flexibility index (Phi) is 9.25. The van der Waals surface area contributed by atoms with Crippen molar-refractivity contribution in [3.8, 4) is 61.7 Å². The molecule has 0 amide bonds. The normalized spacial score (nSPS) is 12.2. The van der Waals surface area contributed by atoms with Gasteiger partial charge < -0.3 is 8.98 Å². The Bertz CT molecular complexity index is 3470. The molecule has 0 spiro atoms. The summed E-state index contributed by atoms with van der Waals surface area (Å²) in [5, 5.41) is 3.44. The van der Waals surface area contributed by atoms with Gasteiger partial charge in [-0.25, -0.2) is 9.97 Å². The van der Waals surface area contributed by atoms with Crippen molar-refractivity contribution >= 4 is 43.9 Å². The molecular weight excluding hydrogens is 779 g/mol. The summed E-state index contributed by atoms with van der Waals surface area (Å²) in [4.78, 5) is 10.6. The number of fused-ring (bicyclic) bond motifs is 6. The van der Waals surface area contributed by atoms with E-state index in [1.165, 1.54) is 38.5 Å². The van der Waals surface area contributed by atoms with E-state index in [0.29, 0.717) is 11.4 Å². The molecule has 0 unspecified atom stereocenters. The van der Waals surface area contributed by atoms with Crippen LogP contribution in [0.5, 0.6) is 0 Å². The van der Waals surface area contributed by atoms with Crippen molar-refractivity contribution < 1.29 is 4.42 Å². The maximum Gasteiger partial charge on any atom is 0.180 e. The highest BCUT2D eigenvalue weighted by atomic mass is 16.3. The molecule has 11 rings (SSSR count). The van der Waals surface area contributed by atoms with Crippen molar-refractivity contribution in [2.24, 2.45) is 0 Å². The van der Waals surface area contributed by atoms with E-state index in [2.05, 4.69) is 198 Å². The molecule has 0 radical (unpaired) electrons. The fraction of sp³-hybridized carbons (Fsp3) is 0.133. The lowest BCUT2D eigenvalue weighted by Gasteiger charge is -2.24. The van der Waals surface area contributed by atoms with Gasteiger partial charge in [0.15, 0.2) is 11.4 Å². The van der Waals surface area contributed by atoms with Crippen LogP contribution in [-0.2, 0) is 10.8 Å². The Hall–Kier alpha value is -7.56. The molecule has 4 nitrogen and oxygen atoms in total. The molecule has 3 heterocycles. The van der Waals surface area contributed by atoms with E-state index < -0.39 is 0 Å². The Balaban J connectivity index is 1.34. The van der Waals surface area contributed by atoms with E-state index in [1.54, 1.807) is 0 Å². The molecule has 0 bridgehead atoms. The minimum atomic E-state index is -0.0854. The van der Waals surface area contributed by atoms with E-state index >= 15 is 0 Å². The molecule has 8 aromatic carbocycles. The number of para-hydroxylation sites is 1. The number of rotatable bonds is 6. The van der Waals surface area contributed by atoms with Crippen LogP contribution in [0.1, 0.15) is 52.7 Å². The Labute approximate surface area is 374 Å². The summed E-state index contributed by atoms with van der Waals surface area (Å²) in [6.45, 7) is 13.9. The first-order valence-electron chi connectivity index (χ1n) is 22.2. The predicted molar refractivity (Wildman–Crippen MR) is 268 cm³/mol. The van der Waals surface area contributed by atoms with E-state index in [-0.39, 0.29) is 10.8 Å². The third kappa shape index (κ3) is 6.69. The van der Waals surface area contributed by atoms with Crippen molar-refractivity contribution in [3.05, 3.63) is 199 Å². The van der Waals surface area contributed by atoms with Crippen LogP contribution in [0, 0.1) is 0 Å². The van der Waals surface area contributed by atoms with Crippen molar-refractivity contribution in [2.45, 2.75) is 52.4 Å². The lowest BCUT2D eigenvalue weighted by molar-refractivity contribution is 0.590. The second-order valence-corrected chi connectivity index (χ2v) is 19.0. The van der Waals surface area contributed by atoms with Crippen LogP contribution in [-0.4, -0.2) is 14.5 Å².